The first-order valence-corrected chi connectivity index (χ1v) is 6.17. The number of nitrogens with one attached hydrogen (secondary N) is 1. The van der Waals surface area contributed by atoms with Crippen LogP contribution >= 0.6 is 0 Å². The summed E-state index contributed by atoms with van der Waals surface area (Å²) in [7, 11) is 0. The predicted octanol–water partition coefficient (Wildman–Crippen LogP) is -2.24. The Labute approximate surface area is 115 Å². The average Bonchev–Trinajstić information content (AvgIpc) is 2.29. The topological polar surface area (TPSA) is 128 Å². The molecular formula is C12H19N2O6-. The molecule has 2 unspecified atom stereocenters. The number of H-pyrrole nitrogens is 1. The molecule has 1 aromatic heterocycles. The molecule has 2 atom stereocenters. The minimum Gasteiger partial charge on any atom is -0.829 e. The van der Waals surface area contributed by atoms with Crippen LogP contribution in [0.15, 0.2) is 21.9 Å². The molecule has 8 heteroatoms. The van der Waals surface area contributed by atoms with Crippen molar-refractivity contribution in [3.05, 3.63) is 33.1 Å². The fraction of sp³-hybridized carbons (Fsp3) is 0.667. The maximum atomic E-state index is 11.4. The van der Waals surface area contributed by atoms with Crippen LogP contribution in [0.2, 0.25) is 0 Å². The van der Waals surface area contributed by atoms with Gasteiger partial charge in [0.1, 0.15) is 0 Å². The highest BCUT2D eigenvalue weighted by molar-refractivity contribution is 4.83. The van der Waals surface area contributed by atoms with Gasteiger partial charge >= 0.3 is 5.69 Å². The van der Waals surface area contributed by atoms with Crippen LogP contribution in [0, 0.1) is 0 Å². The molecule has 1 rings (SSSR count). The maximum Gasteiger partial charge on any atom is 0.328 e. The molecule has 0 saturated heterocycles. The van der Waals surface area contributed by atoms with Gasteiger partial charge < -0.3 is 20.1 Å². The molecule has 0 spiro atoms. The van der Waals surface area contributed by atoms with Crippen molar-refractivity contribution >= 4 is 0 Å². The van der Waals surface area contributed by atoms with Gasteiger partial charge in [-0.1, -0.05) is 13.8 Å². The number of rotatable bonds is 7. The van der Waals surface area contributed by atoms with Crippen LogP contribution in [0.5, 0.6) is 0 Å². The van der Waals surface area contributed by atoms with E-state index in [0.29, 0.717) is 0 Å². The Morgan fingerprint density at radius 1 is 1.40 bits per heavy atom. The molecule has 114 valence electrons. The monoisotopic (exact) mass is 287 g/mol. The van der Waals surface area contributed by atoms with Gasteiger partial charge in [0.15, 0.2) is 0 Å². The van der Waals surface area contributed by atoms with Crippen LogP contribution in [0.1, 0.15) is 20.3 Å². The van der Waals surface area contributed by atoms with Gasteiger partial charge in [0.05, 0.1) is 25.4 Å². The van der Waals surface area contributed by atoms with E-state index in [1.54, 1.807) is 0 Å². The van der Waals surface area contributed by atoms with E-state index < -0.39 is 29.2 Å². The Morgan fingerprint density at radius 2 is 2.05 bits per heavy atom. The number of aliphatic hydroxyl groups is 2. The molecule has 1 heterocycles. The van der Waals surface area contributed by atoms with E-state index in [1.165, 1.54) is 20.0 Å². The Balaban J connectivity index is 2.49. The van der Waals surface area contributed by atoms with Gasteiger partial charge in [0.25, 0.3) is 5.56 Å². The summed E-state index contributed by atoms with van der Waals surface area (Å²) in [5, 5.41) is 30.5. The van der Waals surface area contributed by atoms with E-state index in [2.05, 4.69) is 4.98 Å². The summed E-state index contributed by atoms with van der Waals surface area (Å²) in [4.78, 5) is 24.3. The zero-order valence-electron chi connectivity index (χ0n) is 11.4. The first kappa shape index (κ1) is 16.6. The van der Waals surface area contributed by atoms with E-state index in [1.807, 2.05) is 0 Å². The third-order valence-corrected chi connectivity index (χ3v) is 2.47. The van der Waals surface area contributed by atoms with Gasteiger partial charge in [-0.25, -0.2) is 4.79 Å². The van der Waals surface area contributed by atoms with Crippen LogP contribution in [-0.4, -0.2) is 44.4 Å². The Morgan fingerprint density at radius 3 is 2.60 bits per heavy atom. The quantitative estimate of drug-likeness (QED) is 0.487. The number of ether oxygens (including phenoxy) is 1. The number of nitrogens with zero attached hydrogens (tertiary/aromatic N) is 1. The van der Waals surface area contributed by atoms with Crippen molar-refractivity contribution < 1.29 is 20.1 Å². The van der Waals surface area contributed by atoms with E-state index >= 15 is 0 Å². The standard InChI is InChI=1S/C12H19N2O6/c1-12(2,19)20-7-9(16)5-8(15)6-14-4-3-10(17)13-11(14)18/h3-4,8-9,15-16H,5-7H2,1-2H3,(H,13,17,18)/q-1. The van der Waals surface area contributed by atoms with Gasteiger partial charge in [-0.05, 0) is 5.79 Å². The molecule has 1 aromatic rings. The first-order chi connectivity index (χ1) is 9.17. The highest BCUT2D eigenvalue weighted by Gasteiger charge is 2.15. The maximum absolute atomic E-state index is 11.4. The lowest BCUT2D eigenvalue weighted by molar-refractivity contribution is -0.544. The van der Waals surface area contributed by atoms with Crippen LogP contribution in [-0.2, 0) is 11.3 Å². The van der Waals surface area contributed by atoms with Crippen molar-refractivity contribution in [1.29, 1.82) is 0 Å². The third-order valence-electron chi connectivity index (χ3n) is 2.47. The normalized spacial score (nSPS) is 15.1. The number of hydrogen-bond donors (Lipinski definition) is 3. The number of aromatic amines is 1. The molecule has 0 fully saturated rings. The van der Waals surface area contributed by atoms with Crippen molar-refractivity contribution in [2.45, 2.75) is 44.8 Å². The second-order valence-electron chi connectivity index (χ2n) is 5.02. The summed E-state index contributed by atoms with van der Waals surface area (Å²) in [6, 6.07) is 1.16. The molecule has 0 saturated carbocycles. The van der Waals surface area contributed by atoms with Crippen molar-refractivity contribution in [3.8, 4) is 0 Å². The molecule has 0 bridgehead atoms. The third kappa shape index (κ3) is 6.11. The first-order valence-electron chi connectivity index (χ1n) is 6.17. The molecule has 0 aliphatic carbocycles. The fourth-order valence-corrected chi connectivity index (χ4v) is 1.57. The molecule has 0 amide bonds. The number of aliphatic hydroxyl groups excluding tert-OH is 2. The lowest BCUT2D eigenvalue weighted by Crippen LogP contribution is -2.42. The van der Waals surface area contributed by atoms with Crippen molar-refractivity contribution in [2.24, 2.45) is 0 Å². The highest BCUT2D eigenvalue weighted by Crippen LogP contribution is 2.05. The van der Waals surface area contributed by atoms with Crippen molar-refractivity contribution in [2.75, 3.05) is 6.61 Å². The average molecular weight is 287 g/mol. The second-order valence-corrected chi connectivity index (χ2v) is 5.02. The molecular weight excluding hydrogens is 268 g/mol. The largest absolute Gasteiger partial charge is 0.829 e. The Kier molecular flexibility index (Phi) is 5.63. The van der Waals surface area contributed by atoms with Gasteiger partial charge in [0.2, 0.25) is 0 Å². The van der Waals surface area contributed by atoms with Crippen LogP contribution < -0.4 is 16.4 Å². The Hall–Kier alpha value is -1.48. The minimum absolute atomic E-state index is 0.0539. The zero-order chi connectivity index (χ0) is 15.3. The summed E-state index contributed by atoms with van der Waals surface area (Å²) in [6.07, 6.45) is -0.820. The van der Waals surface area contributed by atoms with Gasteiger partial charge in [-0.3, -0.25) is 14.3 Å². The minimum atomic E-state index is -1.61. The Bertz CT molecular complexity index is 530. The van der Waals surface area contributed by atoms with Gasteiger partial charge in [-0.2, -0.15) is 0 Å². The van der Waals surface area contributed by atoms with E-state index in [0.717, 1.165) is 10.6 Å². The summed E-state index contributed by atoms with van der Waals surface area (Å²) < 4.78 is 5.97. The summed E-state index contributed by atoms with van der Waals surface area (Å²) in [5.74, 6) is -1.61. The number of aromatic nitrogens is 2. The summed E-state index contributed by atoms with van der Waals surface area (Å²) in [6.45, 7) is 2.35. The van der Waals surface area contributed by atoms with Crippen molar-refractivity contribution in [1.82, 2.24) is 9.55 Å². The lowest BCUT2D eigenvalue weighted by atomic mass is 10.1. The molecule has 0 aliphatic heterocycles. The van der Waals surface area contributed by atoms with Gasteiger partial charge in [-0.15, -0.1) is 0 Å². The SMILES string of the molecule is CC(C)([O-])OCC(O)CC(O)Cn1ccc(=O)[nH]c1=O. The van der Waals surface area contributed by atoms with E-state index in [9.17, 15) is 24.9 Å². The predicted molar refractivity (Wildman–Crippen MR) is 68.0 cm³/mol. The zero-order valence-corrected chi connectivity index (χ0v) is 11.4. The van der Waals surface area contributed by atoms with E-state index in [4.69, 9.17) is 4.74 Å². The van der Waals surface area contributed by atoms with Gasteiger partial charge in [0, 0.05) is 18.7 Å². The molecule has 3 N–H and O–H groups in total. The lowest BCUT2D eigenvalue weighted by Gasteiger charge is -2.32. The van der Waals surface area contributed by atoms with E-state index in [-0.39, 0.29) is 19.6 Å². The molecule has 0 radical (unpaired) electrons. The van der Waals surface area contributed by atoms with Crippen LogP contribution in [0.25, 0.3) is 0 Å². The fourth-order valence-electron chi connectivity index (χ4n) is 1.57. The second kappa shape index (κ2) is 6.80. The van der Waals surface area contributed by atoms with Crippen LogP contribution in [0.4, 0.5) is 0 Å². The molecule has 20 heavy (non-hydrogen) atoms. The van der Waals surface area contributed by atoms with Crippen LogP contribution in [0.3, 0.4) is 0 Å². The smallest absolute Gasteiger partial charge is 0.328 e. The summed E-state index contributed by atoms with van der Waals surface area (Å²) >= 11 is 0. The highest BCUT2D eigenvalue weighted by atomic mass is 16.6. The number of hydrogen-bond acceptors (Lipinski definition) is 6. The molecule has 0 aromatic carbocycles. The summed E-state index contributed by atoms with van der Waals surface area (Å²) in [5.41, 5.74) is -1.16. The molecule has 8 nitrogen and oxygen atoms in total. The van der Waals surface area contributed by atoms with Crippen molar-refractivity contribution in [3.63, 3.8) is 0 Å². The molecule has 0 aliphatic rings.